The molecule has 0 bridgehead atoms. The minimum absolute atomic E-state index is 0.00231. The fraction of sp³-hybridized carbons (Fsp3) is 0.353. The van der Waals surface area contributed by atoms with Gasteiger partial charge in [-0.25, -0.2) is 0 Å². The van der Waals surface area contributed by atoms with E-state index in [0.717, 1.165) is 24.4 Å². The van der Waals surface area contributed by atoms with Gasteiger partial charge >= 0.3 is 0 Å². The lowest BCUT2D eigenvalue weighted by Gasteiger charge is -2.36. The summed E-state index contributed by atoms with van der Waals surface area (Å²) in [4.78, 5) is 14.3. The number of hydrogen-bond donors (Lipinski definition) is 1. The molecule has 1 N–H and O–H groups in total. The predicted octanol–water partition coefficient (Wildman–Crippen LogP) is 3.14. The zero-order chi connectivity index (χ0) is 14.8. The molecule has 1 aliphatic heterocycles. The van der Waals surface area contributed by atoms with Crippen LogP contribution >= 0.6 is 0 Å². The van der Waals surface area contributed by atoms with Crippen molar-refractivity contribution in [3.63, 3.8) is 0 Å². The molecule has 1 saturated heterocycles. The fourth-order valence-corrected chi connectivity index (χ4v) is 2.87. The minimum atomic E-state index is -0.00231. The quantitative estimate of drug-likeness (QED) is 0.941. The Morgan fingerprint density at radius 2 is 2.05 bits per heavy atom. The Balaban J connectivity index is 1.82. The summed E-state index contributed by atoms with van der Waals surface area (Å²) in [7, 11) is 0. The summed E-state index contributed by atoms with van der Waals surface area (Å²) >= 11 is 0. The molecule has 2 heterocycles. The van der Waals surface area contributed by atoms with Crippen molar-refractivity contribution in [3.8, 4) is 5.75 Å². The molecule has 0 aliphatic carbocycles. The Labute approximate surface area is 124 Å². The highest BCUT2D eigenvalue weighted by Gasteiger charge is 2.34. The van der Waals surface area contributed by atoms with Crippen LogP contribution in [0.1, 0.15) is 30.7 Å². The van der Waals surface area contributed by atoms with Gasteiger partial charge in [-0.3, -0.25) is 9.69 Å². The lowest BCUT2D eigenvalue weighted by molar-refractivity contribution is -0.128. The fourth-order valence-electron chi connectivity index (χ4n) is 2.87. The zero-order valence-corrected chi connectivity index (χ0v) is 12.0. The van der Waals surface area contributed by atoms with Crippen molar-refractivity contribution in [2.45, 2.75) is 25.9 Å². The van der Waals surface area contributed by atoms with Gasteiger partial charge in [-0.1, -0.05) is 19.1 Å². The van der Waals surface area contributed by atoms with Crippen molar-refractivity contribution in [1.82, 2.24) is 4.90 Å². The van der Waals surface area contributed by atoms with Crippen LogP contribution < -0.4 is 0 Å². The smallest absolute Gasteiger partial charge is 0.139 e. The molecule has 0 amide bonds. The summed E-state index contributed by atoms with van der Waals surface area (Å²) in [5.74, 6) is 1.45. The number of phenolic OH excluding ortho intramolecular Hbond substituents is 1. The minimum Gasteiger partial charge on any atom is -0.508 e. The molecule has 1 fully saturated rings. The number of benzene rings is 1. The maximum absolute atomic E-state index is 12.0. The van der Waals surface area contributed by atoms with Crippen LogP contribution in [0.4, 0.5) is 0 Å². The molecule has 0 spiro atoms. The molecule has 0 saturated carbocycles. The normalized spacial score (nSPS) is 23.4. The Bertz CT molecular complexity index is 603. The Morgan fingerprint density at radius 3 is 2.71 bits per heavy atom. The summed E-state index contributed by atoms with van der Waals surface area (Å²) in [6, 6.07) is 11.0. The molecule has 1 aromatic carbocycles. The first-order valence-electron chi connectivity index (χ1n) is 7.21. The second-order valence-electron chi connectivity index (χ2n) is 5.70. The van der Waals surface area contributed by atoms with Gasteiger partial charge < -0.3 is 9.52 Å². The van der Waals surface area contributed by atoms with Gasteiger partial charge in [0.1, 0.15) is 17.3 Å². The number of rotatable bonds is 3. The van der Waals surface area contributed by atoms with Crippen molar-refractivity contribution < 1.29 is 14.3 Å². The topological polar surface area (TPSA) is 53.7 Å². The highest BCUT2D eigenvalue weighted by atomic mass is 16.3. The molecular formula is C17H19NO3. The molecule has 1 aliphatic rings. The second kappa shape index (κ2) is 5.74. The van der Waals surface area contributed by atoms with E-state index in [1.54, 1.807) is 18.4 Å². The van der Waals surface area contributed by atoms with E-state index in [9.17, 15) is 9.90 Å². The lowest BCUT2D eigenvalue weighted by atomic mass is 9.91. The molecule has 2 aromatic rings. The third-order valence-electron chi connectivity index (χ3n) is 4.09. The molecule has 4 nitrogen and oxygen atoms in total. The summed E-state index contributed by atoms with van der Waals surface area (Å²) < 4.78 is 5.51. The number of nitrogens with zero attached hydrogens (tertiary/aromatic N) is 1. The number of Topliss-reactive ketones (excluding diaryl/α,β-unsaturated/α-hetero) is 1. The van der Waals surface area contributed by atoms with Crippen molar-refractivity contribution in [2.24, 2.45) is 5.92 Å². The van der Waals surface area contributed by atoms with Gasteiger partial charge in [-0.2, -0.15) is 0 Å². The van der Waals surface area contributed by atoms with E-state index in [2.05, 4.69) is 4.90 Å². The SMILES string of the molecule is C[C@H]1CN(Cc2ccc(O)cc2)[C@H](c2ccco2)CC1=O. The molecule has 110 valence electrons. The maximum Gasteiger partial charge on any atom is 0.139 e. The van der Waals surface area contributed by atoms with Gasteiger partial charge in [-0.05, 0) is 29.8 Å². The van der Waals surface area contributed by atoms with Crippen LogP contribution in [0.5, 0.6) is 5.75 Å². The van der Waals surface area contributed by atoms with Crippen LogP contribution in [0, 0.1) is 5.92 Å². The van der Waals surface area contributed by atoms with Gasteiger partial charge in [0.05, 0.1) is 12.3 Å². The van der Waals surface area contributed by atoms with E-state index >= 15 is 0 Å². The molecule has 0 radical (unpaired) electrons. The summed E-state index contributed by atoms with van der Waals surface area (Å²) in [6.07, 6.45) is 2.14. The second-order valence-corrected chi connectivity index (χ2v) is 5.70. The number of carbonyl (C=O) groups is 1. The third kappa shape index (κ3) is 3.00. The van der Waals surface area contributed by atoms with E-state index in [-0.39, 0.29) is 17.7 Å². The first-order valence-corrected chi connectivity index (χ1v) is 7.21. The number of likely N-dealkylation sites (tertiary alicyclic amines) is 1. The number of carbonyl (C=O) groups excluding carboxylic acids is 1. The lowest BCUT2D eigenvalue weighted by Crippen LogP contribution is -2.41. The van der Waals surface area contributed by atoms with E-state index in [0.29, 0.717) is 12.2 Å². The molecule has 21 heavy (non-hydrogen) atoms. The van der Waals surface area contributed by atoms with Crippen LogP contribution in [0.15, 0.2) is 47.1 Å². The molecule has 3 rings (SSSR count). The van der Waals surface area contributed by atoms with Crippen molar-refractivity contribution >= 4 is 5.78 Å². The third-order valence-corrected chi connectivity index (χ3v) is 4.09. The number of aromatic hydroxyl groups is 1. The van der Waals surface area contributed by atoms with E-state index in [4.69, 9.17) is 4.42 Å². The Kier molecular flexibility index (Phi) is 3.80. The predicted molar refractivity (Wildman–Crippen MR) is 78.8 cm³/mol. The van der Waals surface area contributed by atoms with Gasteiger partial charge in [0, 0.05) is 25.4 Å². The largest absolute Gasteiger partial charge is 0.508 e. The zero-order valence-electron chi connectivity index (χ0n) is 12.0. The molecule has 0 unspecified atom stereocenters. The number of hydrogen-bond acceptors (Lipinski definition) is 4. The summed E-state index contributed by atoms with van der Waals surface area (Å²) in [5, 5.41) is 9.37. The van der Waals surface area contributed by atoms with Crippen LogP contribution in [0.25, 0.3) is 0 Å². The average Bonchev–Trinajstić information content (AvgIpc) is 2.99. The highest BCUT2D eigenvalue weighted by Crippen LogP contribution is 2.33. The highest BCUT2D eigenvalue weighted by molar-refractivity contribution is 5.82. The first kappa shape index (κ1) is 13.9. The molecular weight excluding hydrogens is 266 g/mol. The number of phenols is 1. The first-order chi connectivity index (χ1) is 10.1. The van der Waals surface area contributed by atoms with E-state index < -0.39 is 0 Å². The van der Waals surface area contributed by atoms with Crippen molar-refractivity contribution in [3.05, 3.63) is 54.0 Å². The maximum atomic E-state index is 12.0. The average molecular weight is 285 g/mol. The molecule has 1 aromatic heterocycles. The molecule has 2 atom stereocenters. The standard InChI is InChI=1S/C17H19NO3/c1-12-10-18(11-13-4-6-14(19)7-5-13)15(9-16(12)20)17-3-2-8-21-17/h2-8,12,15,19H,9-11H2,1H3/t12-,15-/m0/s1. The number of ketones is 1. The van der Waals surface area contributed by atoms with Gasteiger partial charge in [-0.15, -0.1) is 0 Å². The number of furan rings is 1. The van der Waals surface area contributed by atoms with Gasteiger partial charge in [0.25, 0.3) is 0 Å². The van der Waals surface area contributed by atoms with Gasteiger partial charge in [0.2, 0.25) is 0 Å². The van der Waals surface area contributed by atoms with Crippen LogP contribution in [0.3, 0.4) is 0 Å². The number of piperidine rings is 1. The van der Waals surface area contributed by atoms with Crippen LogP contribution in [-0.2, 0) is 11.3 Å². The van der Waals surface area contributed by atoms with Crippen molar-refractivity contribution in [1.29, 1.82) is 0 Å². The van der Waals surface area contributed by atoms with Crippen molar-refractivity contribution in [2.75, 3.05) is 6.54 Å². The van der Waals surface area contributed by atoms with Gasteiger partial charge in [0.15, 0.2) is 0 Å². The van der Waals surface area contributed by atoms with E-state index in [1.165, 1.54) is 0 Å². The summed E-state index contributed by atoms with van der Waals surface area (Å²) in [6.45, 7) is 3.44. The van der Waals surface area contributed by atoms with Crippen LogP contribution in [-0.4, -0.2) is 22.3 Å². The van der Waals surface area contributed by atoms with E-state index in [1.807, 2.05) is 31.2 Å². The monoisotopic (exact) mass is 285 g/mol. The Morgan fingerprint density at radius 1 is 1.29 bits per heavy atom. The summed E-state index contributed by atoms with van der Waals surface area (Å²) in [5.41, 5.74) is 1.12. The van der Waals surface area contributed by atoms with Crippen LogP contribution in [0.2, 0.25) is 0 Å². The molecule has 4 heteroatoms. The Hall–Kier alpha value is -2.07.